The van der Waals surface area contributed by atoms with Gasteiger partial charge in [-0.1, -0.05) is 48.0 Å². The molecule has 2 aromatic carbocycles. The fourth-order valence-corrected chi connectivity index (χ4v) is 4.03. The molecular formula is C22H26ClNO4. The van der Waals surface area contributed by atoms with Crippen LogP contribution in [-0.2, 0) is 27.1 Å². The van der Waals surface area contributed by atoms with Crippen LogP contribution in [0.1, 0.15) is 36.1 Å². The van der Waals surface area contributed by atoms with E-state index in [0.717, 1.165) is 12.8 Å². The molecule has 0 fully saturated rings. The van der Waals surface area contributed by atoms with Crippen molar-refractivity contribution in [2.75, 3.05) is 13.2 Å². The van der Waals surface area contributed by atoms with Crippen LogP contribution in [0.25, 0.3) is 0 Å². The maximum atomic E-state index is 11.9. The number of hydrogen-bond acceptors (Lipinski definition) is 5. The fourth-order valence-electron chi connectivity index (χ4n) is 3.83. The van der Waals surface area contributed by atoms with Crippen LogP contribution in [0.4, 0.5) is 0 Å². The normalized spacial score (nSPS) is 19.4. The highest BCUT2D eigenvalue weighted by molar-refractivity contribution is 6.30. The van der Waals surface area contributed by atoms with Gasteiger partial charge >= 0.3 is 5.97 Å². The number of fused-ring (bicyclic) bond motifs is 1. The van der Waals surface area contributed by atoms with Crippen LogP contribution < -0.4 is 5.73 Å². The van der Waals surface area contributed by atoms with Crippen LogP contribution in [0, 0.1) is 5.92 Å². The smallest absolute Gasteiger partial charge is 0.332 e. The predicted octanol–water partition coefficient (Wildman–Crippen LogP) is 3.41. The molecule has 0 aromatic heterocycles. The Morgan fingerprint density at radius 2 is 2.04 bits per heavy atom. The van der Waals surface area contributed by atoms with Crippen molar-refractivity contribution in [3.05, 3.63) is 70.2 Å². The van der Waals surface area contributed by atoms with E-state index < -0.39 is 17.8 Å². The van der Waals surface area contributed by atoms with Crippen LogP contribution in [0.3, 0.4) is 0 Å². The van der Waals surface area contributed by atoms with Gasteiger partial charge in [-0.3, -0.25) is 0 Å². The third-order valence-electron chi connectivity index (χ3n) is 5.32. The van der Waals surface area contributed by atoms with E-state index in [4.69, 9.17) is 26.8 Å². The van der Waals surface area contributed by atoms with Gasteiger partial charge in [0.05, 0.1) is 6.61 Å². The monoisotopic (exact) mass is 403 g/mol. The Labute approximate surface area is 170 Å². The van der Waals surface area contributed by atoms with E-state index in [1.807, 2.05) is 12.1 Å². The molecule has 1 aliphatic rings. The summed E-state index contributed by atoms with van der Waals surface area (Å²) < 4.78 is 10.8. The van der Waals surface area contributed by atoms with Crippen LogP contribution in [0.2, 0.25) is 5.02 Å². The zero-order chi connectivity index (χ0) is 20.1. The summed E-state index contributed by atoms with van der Waals surface area (Å²) in [6.45, 7) is 1.67. The van der Waals surface area contributed by atoms with Gasteiger partial charge in [0.25, 0.3) is 0 Å². The van der Waals surface area contributed by atoms with E-state index in [9.17, 15) is 9.90 Å². The molecule has 0 heterocycles. The van der Waals surface area contributed by atoms with Crippen molar-refractivity contribution in [1.82, 2.24) is 0 Å². The van der Waals surface area contributed by atoms with Gasteiger partial charge in [-0.15, -0.1) is 0 Å². The van der Waals surface area contributed by atoms with E-state index in [0.29, 0.717) is 17.0 Å². The number of aliphatic hydroxyl groups is 1. The third-order valence-corrected chi connectivity index (χ3v) is 5.56. The zero-order valence-electron chi connectivity index (χ0n) is 15.9. The SMILES string of the molecule is CCOC(=O)COC(N)(C1CCc2ccccc2C1)C(O)c1cccc(Cl)c1. The predicted molar refractivity (Wildman–Crippen MR) is 108 cm³/mol. The summed E-state index contributed by atoms with van der Waals surface area (Å²) >= 11 is 6.09. The number of carbonyl (C=O) groups excluding carboxylic acids is 1. The molecular weight excluding hydrogens is 378 g/mol. The molecule has 0 radical (unpaired) electrons. The van der Waals surface area contributed by atoms with E-state index in [-0.39, 0.29) is 19.1 Å². The van der Waals surface area contributed by atoms with Crippen molar-refractivity contribution in [3.8, 4) is 0 Å². The second-order valence-electron chi connectivity index (χ2n) is 7.11. The second kappa shape index (κ2) is 9.05. The topological polar surface area (TPSA) is 81.8 Å². The first-order chi connectivity index (χ1) is 13.4. The Kier molecular flexibility index (Phi) is 6.73. The van der Waals surface area contributed by atoms with E-state index in [1.54, 1.807) is 31.2 Å². The Morgan fingerprint density at radius 3 is 2.75 bits per heavy atom. The zero-order valence-corrected chi connectivity index (χ0v) is 16.7. The lowest BCUT2D eigenvalue weighted by atomic mass is 9.75. The molecule has 5 nitrogen and oxygen atoms in total. The molecule has 0 aliphatic heterocycles. The highest BCUT2D eigenvalue weighted by Gasteiger charge is 2.45. The minimum atomic E-state index is -1.45. The second-order valence-corrected chi connectivity index (χ2v) is 7.55. The van der Waals surface area contributed by atoms with Gasteiger partial charge in [-0.25, -0.2) is 4.79 Å². The van der Waals surface area contributed by atoms with Crippen molar-refractivity contribution in [2.24, 2.45) is 11.7 Å². The molecule has 6 heteroatoms. The molecule has 3 N–H and O–H groups in total. The van der Waals surface area contributed by atoms with Gasteiger partial charge in [0, 0.05) is 10.9 Å². The van der Waals surface area contributed by atoms with Crippen molar-refractivity contribution in [1.29, 1.82) is 0 Å². The molecule has 3 unspecified atom stereocenters. The quantitative estimate of drug-likeness (QED) is 0.547. The summed E-state index contributed by atoms with van der Waals surface area (Å²) in [5, 5.41) is 11.6. The number of benzene rings is 2. The fraction of sp³-hybridized carbons (Fsp3) is 0.409. The van der Waals surface area contributed by atoms with Crippen LogP contribution >= 0.6 is 11.6 Å². The number of aryl methyl sites for hydroxylation is 1. The molecule has 28 heavy (non-hydrogen) atoms. The summed E-state index contributed by atoms with van der Waals surface area (Å²) in [6, 6.07) is 15.1. The summed E-state index contributed by atoms with van der Waals surface area (Å²) in [5.74, 6) is -0.683. The van der Waals surface area contributed by atoms with Crippen molar-refractivity contribution < 1.29 is 19.4 Å². The number of esters is 1. The first kappa shape index (κ1) is 20.8. The summed E-state index contributed by atoms with van der Waals surface area (Å²) in [4.78, 5) is 11.9. The Balaban J connectivity index is 1.89. The lowest BCUT2D eigenvalue weighted by Crippen LogP contribution is -2.56. The summed E-state index contributed by atoms with van der Waals surface area (Å²) in [5.41, 5.74) is 8.24. The molecule has 0 amide bonds. The highest BCUT2D eigenvalue weighted by Crippen LogP contribution is 2.39. The first-order valence-electron chi connectivity index (χ1n) is 9.52. The molecule has 150 valence electrons. The lowest BCUT2D eigenvalue weighted by Gasteiger charge is -2.42. The first-order valence-corrected chi connectivity index (χ1v) is 9.90. The average Bonchev–Trinajstić information content (AvgIpc) is 2.71. The van der Waals surface area contributed by atoms with Crippen LogP contribution in [-0.4, -0.2) is 30.0 Å². The van der Waals surface area contributed by atoms with Crippen LogP contribution in [0.15, 0.2) is 48.5 Å². The van der Waals surface area contributed by atoms with Gasteiger partial charge in [-0.2, -0.15) is 0 Å². The molecule has 0 saturated heterocycles. The number of rotatable bonds is 7. The summed E-state index contributed by atoms with van der Waals surface area (Å²) in [7, 11) is 0. The number of aliphatic hydroxyl groups excluding tert-OH is 1. The van der Waals surface area contributed by atoms with Gasteiger partial charge in [0.15, 0.2) is 5.72 Å². The van der Waals surface area contributed by atoms with Gasteiger partial charge in [0.2, 0.25) is 0 Å². The average molecular weight is 404 g/mol. The number of hydrogen-bond donors (Lipinski definition) is 2. The minimum absolute atomic E-state index is 0.175. The van der Waals surface area contributed by atoms with Crippen molar-refractivity contribution in [3.63, 3.8) is 0 Å². The van der Waals surface area contributed by atoms with Gasteiger partial charge in [-0.05, 0) is 55.0 Å². The van der Waals surface area contributed by atoms with Gasteiger partial charge < -0.3 is 20.3 Å². The summed E-state index contributed by atoms with van der Waals surface area (Å²) in [6.07, 6.45) is 1.10. The van der Waals surface area contributed by atoms with Gasteiger partial charge in [0.1, 0.15) is 12.7 Å². The Hall–Kier alpha value is -1.92. The maximum Gasteiger partial charge on any atom is 0.332 e. The molecule has 0 bridgehead atoms. The number of carbonyl (C=O) groups is 1. The van der Waals surface area contributed by atoms with Crippen molar-refractivity contribution >= 4 is 17.6 Å². The maximum absolute atomic E-state index is 11.9. The Bertz CT molecular complexity index is 828. The third kappa shape index (κ3) is 4.55. The molecule has 3 rings (SSSR count). The van der Waals surface area contributed by atoms with E-state index >= 15 is 0 Å². The molecule has 0 saturated carbocycles. The van der Waals surface area contributed by atoms with E-state index in [2.05, 4.69) is 12.1 Å². The minimum Gasteiger partial charge on any atom is -0.464 e. The van der Waals surface area contributed by atoms with Crippen LogP contribution in [0.5, 0.6) is 0 Å². The Morgan fingerprint density at radius 1 is 1.29 bits per heavy atom. The standard InChI is InChI=1S/C22H26ClNO4/c1-2-27-20(25)14-28-22(24,21(26)17-8-5-9-19(23)13-17)18-11-10-15-6-3-4-7-16(15)12-18/h3-9,13,18,21,26H,2,10-12,14,24H2,1H3. The van der Waals surface area contributed by atoms with Crippen molar-refractivity contribution in [2.45, 2.75) is 38.0 Å². The van der Waals surface area contributed by atoms with E-state index in [1.165, 1.54) is 11.1 Å². The lowest BCUT2D eigenvalue weighted by molar-refractivity contribution is -0.181. The molecule has 3 atom stereocenters. The number of nitrogens with two attached hydrogens (primary N) is 1. The highest BCUT2D eigenvalue weighted by atomic mass is 35.5. The largest absolute Gasteiger partial charge is 0.464 e. The molecule has 0 spiro atoms. The number of halogens is 1. The molecule has 1 aliphatic carbocycles. The molecule has 2 aromatic rings. The number of ether oxygens (including phenoxy) is 2.